The van der Waals surface area contributed by atoms with E-state index in [1.807, 2.05) is 14.1 Å². The van der Waals surface area contributed by atoms with Crippen LogP contribution in [0.1, 0.15) is 35.7 Å². The van der Waals surface area contributed by atoms with Crippen LogP contribution in [0.25, 0.3) is 0 Å². The monoisotopic (exact) mass is 386 g/mol. The molecular weight excluding hydrogens is 364 g/mol. The predicted molar refractivity (Wildman–Crippen MR) is 105 cm³/mol. The number of nitrogens with one attached hydrogen (secondary N) is 1. The highest BCUT2D eigenvalue weighted by Gasteiger charge is 2.34. The molecule has 2 aromatic rings. The summed E-state index contributed by atoms with van der Waals surface area (Å²) >= 11 is 5.91. The predicted octanol–water partition coefficient (Wildman–Crippen LogP) is 3.17. The SMILES string of the molecule is CN(C)[C@H]1CC[C@H](n2cc(C(N)=O)c(Nc3ccc(Cl)cc3)n2)C(C#N)C1. The van der Waals surface area contributed by atoms with Crippen LogP contribution in [0.4, 0.5) is 11.5 Å². The molecule has 0 radical (unpaired) electrons. The van der Waals surface area contributed by atoms with Gasteiger partial charge in [-0.05, 0) is 57.6 Å². The maximum Gasteiger partial charge on any atom is 0.254 e. The van der Waals surface area contributed by atoms with Crippen molar-refractivity contribution in [2.45, 2.75) is 31.3 Å². The normalized spacial score (nSPS) is 22.4. The van der Waals surface area contributed by atoms with Gasteiger partial charge in [-0.15, -0.1) is 0 Å². The molecule has 1 amide bonds. The first-order valence-electron chi connectivity index (χ1n) is 8.86. The van der Waals surface area contributed by atoms with E-state index in [2.05, 4.69) is 21.4 Å². The summed E-state index contributed by atoms with van der Waals surface area (Å²) in [7, 11) is 4.07. The van der Waals surface area contributed by atoms with Crippen LogP contribution in [-0.2, 0) is 0 Å². The molecule has 1 unspecified atom stereocenters. The zero-order valence-electron chi connectivity index (χ0n) is 15.4. The van der Waals surface area contributed by atoms with Gasteiger partial charge < -0.3 is 16.0 Å². The van der Waals surface area contributed by atoms with Crippen LogP contribution in [0.3, 0.4) is 0 Å². The van der Waals surface area contributed by atoms with Crippen LogP contribution in [-0.4, -0.2) is 40.7 Å². The summed E-state index contributed by atoms with van der Waals surface area (Å²) in [4.78, 5) is 14.0. The minimum Gasteiger partial charge on any atom is -0.365 e. The first-order valence-corrected chi connectivity index (χ1v) is 9.24. The third-order valence-corrected chi connectivity index (χ3v) is 5.38. The number of nitriles is 1. The molecule has 1 aromatic heterocycles. The maximum absolute atomic E-state index is 11.9. The second-order valence-corrected chi connectivity index (χ2v) is 7.54. The number of anilines is 2. The summed E-state index contributed by atoms with van der Waals surface area (Å²) in [6.45, 7) is 0. The fraction of sp³-hybridized carbons (Fsp3) is 0.421. The lowest BCUT2D eigenvalue weighted by Crippen LogP contribution is -2.37. The smallest absolute Gasteiger partial charge is 0.254 e. The number of nitrogens with zero attached hydrogens (tertiary/aromatic N) is 4. The van der Waals surface area contributed by atoms with Crippen LogP contribution >= 0.6 is 11.6 Å². The second-order valence-electron chi connectivity index (χ2n) is 7.10. The lowest BCUT2D eigenvalue weighted by Gasteiger charge is -2.35. The zero-order valence-corrected chi connectivity index (χ0v) is 16.1. The van der Waals surface area contributed by atoms with E-state index in [-0.39, 0.29) is 12.0 Å². The number of hydrogen-bond acceptors (Lipinski definition) is 5. The number of rotatable bonds is 5. The summed E-state index contributed by atoms with van der Waals surface area (Å²) in [6.07, 6.45) is 4.22. The van der Waals surface area contributed by atoms with E-state index in [0.717, 1.165) is 24.9 Å². The van der Waals surface area contributed by atoms with Crippen LogP contribution in [0, 0.1) is 17.2 Å². The van der Waals surface area contributed by atoms with Gasteiger partial charge in [-0.25, -0.2) is 0 Å². The summed E-state index contributed by atoms with van der Waals surface area (Å²) in [5, 5.41) is 17.9. The van der Waals surface area contributed by atoms with E-state index in [9.17, 15) is 10.1 Å². The molecule has 7 nitrogen and oxygen atoms in total. The second kappa shape index (κ2) is 7.99. The molecule has 0 saturated heterocycles. The highest BCUT2D eigenvalue weighted by atomic mass is 35.5. The minimum absolute atomic E-state index is 0.0786. The Morgan fingerprint density at radius 3 is 2.67 bits per heavy atom. The Kier molecular flexibility index (Phi) is 5.68. The maximum atomic E-state index is 11.9. The van der Waals surface area contributed by atoms with Crippen molar-refractivity contribution in [2.75, 3.05) is 19.4 Å². The highest BCUT2D eigenvalue weighted by molar-refractivity contribution is 6.30. The standard InChI is InChI=1S/C19H23ClN6O/c1-25(2)15-7-8-17(12(9-15)10-21)26-11-16(18(22)27)19(24-26)23-14-5-3-13(20)4-6-14/h3-6,11-12,15,17H,7-9H2,1-2H3,(H2,22,27)(H,23,24)/t12?,15-,17-/m0/s1. The lowest BCUT2D eigenvalue weighted by atomic mass is 9.82. The van der Waals surface area contributed by atoms with Crippen LogP contribution in [0.5, 0.6) is 0 Å². The largest absolute Gasteiger partial charge is 0.365 e. The Hall–Kier alpha value is -2.56. The summed E-state index contributed by atoms with van der Waals surface area (Å²) in [5.74, 6) is -0.348. The molecule has 1 aliphatic carbocycles. The van der Waals surface area contributed by atoms with Crippen molar-refractivity contribution in [1.82, 2.24) is 14.7 Å². The topological polar surface area (TPSA) is 100.0 Å². The number of carbonyl (C=O) groups excluding carboxylic acids is 1. The number of benzene rings is 1. The van der Waals surface area contributed by atoms with E-state index in [1.165, 1.54) is 0 Å². The molecule has 3 rings (SSSR count). The lowest BCUT2D eigenvalue weighted by molar-refractivity contribution is 0.100. The first-order chi connectivity index (χ1) is 12.9. The number of halogens is 1. The average Bonchev–Trinajstić information content (AvgIpc) is 3.07. The van der Waals surface area contributed by atoms with Gasteiger partial charge in [-0.3, -0.25) is 9.48 Å². The van der Waals surface area contributed by atoms with Crippen molar-refractivity contribution in [3.05, 3.63) is 41.0 Å². The van der Waals surface area contributed by atoms with Gasteiger partial charge in [0.25, 0.3) is 5.91 Å². The number of primary amides is 1. The molecule has 142 valence electrons. The van der Waals surface area contributed by atoms with Crippen LogP contribution in [0.2, 0.25) is 5.02 Å². The van der Waals surface area contributed by atoms with Gasteiger partial charge in [0, 0.05) is 22.9 Å². The molecule has 0 aliphatic heterocycles. The molecule has 0 spiro atoms. The molecule has 1 heterocycles. The molecular formula is C19H23ClN6O. The summed E-state index contributed by atoms with van der Waals surface area (Å²) in [5.41, 5.74) is 6.59. The van der Waals surface area contributed by atoms with Gasteiger partial charge >= 0.3 is 0 Å². The first kappa shape index (κ1) is 19.2. The molecule has 3 atom stereocenters. The molecule has 1 fully saturated rings. The van der Waals surface area contributed by atoms with Crippen molar-refractivity contribution in [3.63, 3.8) is 0 Å². The van der Waals surface area contributed by atoms with Crippen molar-refractivity contribution in [1.29, 1.82) is 5.26 Å². The minimum atomic E-state index is -0.562. The fourth-order valence-electron chi connectivity index (χ4n) is 3.56. The van der Waals surface area contributed by atoms with E-state index < -0.39 is 5.91 Å². The van der Waals surface area contributed by atoms with Crippen LogP contribution in [0.15, 0.2) is 30.5 Å². The Labute approximate surface area is 163 Å². The van der Waals surface area contributed by atoms with Gasteiger partial charge in [-0.1, -0.05) is 11.6 Å². The third-order valence-electron chi connectivity index (χ3n) is 5.13. The number of nitrogens with two attached hydrogens (primary N) is 1. The fourth-order valence-corrected chi connectivity index (χ4v) is 3.69. The molecule has 27 heavy (non-hydrogen) atoms. The van der Waals surface area contributed by atoms with E-state index in [1.54, 1.807) is 35.1 Å². The van der Waals surface area contributed by atoms with E-state index in [0.29, 0.717) is 22.4 Å². The molecule has 1 aromatic carbocycles. The van der Waals surface area contributed by atoms with E-state index in [4.69, 9.17) is 17.3 Å². The Morgan fingerprint density at radius 2 is 2.07 bits per heavy atom. The quantitative estimate of drug-likeness (QED) is 0.821. The van der Waals surface area contributed by atoms with Crippen LogP contribution < -0.4 is 11.1 Å². The molecule has 8 heteroatoms. The van der Waals surface area contributed by atoms with Crippen molar-refractivity contribution in [3.8, 4) is 6.07 Å². The zero-order chi connectivity index (χ0) is 19.6. The van der Waals surface area contributed by atoms with Crippen molar-refractivity contribution < 1.29 is 4.79 Å². The van der Waals surface area contributed by atoms with Gasteiger partial charge in [-0.2, -0.15) is 10.4 Å². The highest BCUT2D eigenvalue weighted by Crippen LogP contribution is 2.36. The number of aromatic nitrogens is 2. The average molecular weight is 387 g/mol. The Balaban J connectivity index is 1.87. The summed E-state index contributed by atoms with van der Waals surface area (Å²) < 4.78 is 1.72. The molecule has 1 saturated carbocycles. The molecule has 0 bridgehead atoms. The van der Waals surface area contributed by atoms with E-state index >= 15 is 0 Å². The summed E-state index contributed by atoms with van der Waals surface area (Å²) in [6, 6.07) is 9.81. The number of carbonyl (C=O) groups is 1. The van der Waals surface area contributed by atoms with Gasteiger partial charge in [0.2, 0.25) is 0 Å². The number of hydrogen-bond donors (Lipinski definition) is 2. The van der Waals surface area contributed by atoms with Gasteiger partial charge in [0.1, 0.15) is 5.56 Å². The number of amides is 1. The Bertz CT molecular complexity index is 854. The van der Waals surface area contributed by atoms with Gasteiger partial charge in [0.15, 0.2) is 5.82 Å². The molecule has 1 aliphatic rings. The Morgan fingerprint density at radius 1 is 1.37 bits per heavy atom. The third kappa shape index (κ3) is 4.24. The van der Waals surface area contributed by atoms with Crippen molar-refractivity contribution in [2.24, 2.45) is 11.7 Å². The molecule has 3 N–H and O–H groups in total. The van der Waals surface area contributed by atoms with Crippen molar-refractivity contribution >= 4 is 29.0 Å². The van der Waals surface area contributed by atoms with Gasteiger partial charge in [0.05, 0.1) is 18.0 Å².